The second-order valence-corrected chi connectivity index (χ2v) is 4.40. The second kappa shape index (κ2) is 3.88. The molecule has 0 aliphatic heterocycles. The van der Waals surface area contributed by atoms with Crippen LogP contribution in [0.4, 0.5) is 4.39 Å². The van der Waals surface area contributed by atoms with Crippen LogP contribution in [0.15, 0.2) is 42.5 Å². The summed E-state index contributed by atoms with van der Waals surface area (Å²) >= 11 is 0. The number of fused-ring (bicyclic) bond motifs is 1. The van der Waals surface area contributed by atoms with Gasteiger partial charge in [0.2, 0.25) is 0 Å². The van der Waals surface area contributed by atoms with Gasteiger partial charge >= 0.3 is 0 Å². The standard InChI is InChI=1S/C15H12FNO/c1-9-5-6-15(18)11(7-9)14-8-10-12(16)3-2-4-13(10)17-14/h2-8,17-18H,1H3. The van der Waals surface area contributed by atoms with Crippen LogP contribution in [0.25, 0.3) is 22.2 Å². The van der Waals surface area contributed by atoms with Crippen molar-refractivity contribution in [2.75, 3.05) is 0 Å². The number of aromatic nitrogens is 1. The Morgan fingerprint density at radius 2 is 1.94 bits per heavy atom. The van der Waals surface area contributed by atoms with Gasteiger partial charge in [0.15, 0.2) is 0 Å². The number of phenolic OH excluding ortho intramolecular Hbond substituents is 1. The van der Waals surface area contributed by atoms with Crippen molar-refractivity contribution in [2.24, 2.45) is 0 Å². The lowest BCUT2D eigenvalue weighted by Crippen LogP contribution is -1.80. The predicted molar refractivity (Wildman–Crippen MR) is 70.1 cm³/mol. The average Bonchev–Trinajstić information content (AvgIpc) is 2.77. The lowest BCUT2D eigenvalue weighted by Gasteiger charge is -2.03. The molecular formula is C15H12FNO. The molecule has 2 nitrogen and oxygen atoms in total. The van der Waals surface area contributed by atoms with Gasteiger partial charge in [0.25, 0.3) is 0 Å². The van der Waals surface area contributed by atoms with Gasteiger partial charge in [-0.15, -0.1) is 0 Å². The van der Waals surface area contributed by atoms with Crippen LogP contribution in [-0.4, -0.2) is 10.1 Å². The zero-order valence-corrected chi connectivity index (χ0v) is 9.87. The van der Waals surface area contributed by atoms with Gasteiger partial charge in [-0.2, -0.15) is 0 Å². The first-order chi connectivity index (χ1) is 8.65. The highest BCUT2D eigenvalue weighted by atomic mass is 19.1. The van der Waals surface area contributed by atoms with E-state index in [1.807, 2.05) is 25.1 Å². The van der Waals surface area contributed by atoms with Gasteiger partial charge < -0.3 is 10.1 Å². The molecule has 0 spiro atoms. The molecule has 0 saturated heterocycles. The highest BCUT2D eigenvalue weighted by molar-refractivity contribution is 5.87. The first-order valence-electron chi connectivity index (χ1n) is 5.72. The summed E-state index contributed by atoms with van der Waals surface area (Å²) in [5.74, 6) is -0.0743. The number of nitrogens with one attached hydrogen (secondary N) is 1. The van der Waals surface area contributed by atoms with E-state index in [1.165, 1.54) is 6.07 Å². The summed E-state index contributed by atoms with van der Waals surface area (Å²) < 4.78 is 13.6. The van der Waals surface area contributed by atoms with E-state index >= 15 is 0 Å². The SMILES string of the molecule is Cc1ccc(O)c(-c2cc3c(F)cccc3[nH]2)c1. The van der Waals surface area contributed by atoms with Crippen molar-refractivity contribution in [2.45, 2.75) is 6.92 Å². The van der Waals surface area contributed by atoms with E-state index in [0.29, 0.717) is 10.9 Å². The molecule has 18 heavy (non-hydrogen) atoms. The minimum absolute atomic E-state index is 0.188. The normalized spacial score (nSPS) is 11.0. The number of aromatic hydroxyl groups is 1. The molecule has 3 heteroatoms. The van der Waals surface area contributed by atoms with Gasteiger partial charge in [0.05, 0.1) is 5.69 Å². The highest BCUT2D eigenvalue weighted by Crippen LogP contribution is 2.32. The zero-order chi connectivity index (χ0) is 12.7. The van der Waals surface area contributed by atoms with Crippen molar-refractivity contribution in [1.82, 2.24) is 4.98 Å². The Morgan fingerprint density at radius 1 is 1.11 bits per heavy atom. The smallest absolute Gasteiger partial charge is 0.132 e. The van der Waals surface area contributed by atoms with Gasteiger partial charge in [-0.1, -0.05) is 17.7 Å². The Balaban J connectivity index is 2.26. The van der Waals surface area contributed by atoms with Crippen LogP contribution in [-0.2, 0) is 0 Å². The molecule has 1 aromatic heterocycles. The molecule has 2 N–H and O–H groups in total. The minimum atomic E-state index is -0.262. The van der Waals surface area contributed by atoms with Crippen molar-refractivity contribution >= 4 is 10.9 Å². The third-order valence-electron chi connectivity index (χ3n) is 3.05. The van der Waals surface area contributed by atoms with Crippen LogP contribution < -0.4 is 0 Å². The van der Waals surface area contributed by atoms with Gasteiger partial charge in [-0.05, 0) is 37.3 Å². The van der Waals surface area contributed by atoms with E-state index in [9.17, 15) is 9.50 Å². The quantitative estimate of drug-likeness (QED) is 0.664. The summed E-state index contributed by atoms with van der Waals surface area (Å²) in [6, 6.07) is 12.0. The molecule has 0 radical (unpaired) electrons. The van der Waals surface area contributed by atoms with E-state index in [4.69, 9.17) is 0 Å². The van der Waals surface area contributed by atoms with Gasteiger partial charge in [0, 0.05) is 16.5 Å². The third kappa shape index (κ3) is 1.64. The van der Waals surface area contributed by atoms with Gasteiger partial charge in [-0.3, -0.25) is 0 Å². The number of phenols is 1. The largest absolute Gasteiger partial charge is 0.507 e. The van der Waals surface area contributed by atoms with Crippen LogP contribution in [0.5, 0.6) is 5.75 Å². The number of aryl methyl sites for hydroxylation is 1. The molecular weight excluding hydrogens is 229 g/mol. The third-order valence-corrected chi connectivity index (χ3v) is 3.05. The van der Waals surface area contributed by atoms with Crippen molar-refractivity contribution in [3.8, 4) is 17.0 Å². The Kier molecular flexibility index (Phi) is 2.33. The lowest BCUT2D eigenvalue weighted by atomic mass is 10.1. The van der Waals surface area contributed by atoms with E-state index in [2.05, 4.69) is 4.98 Å². The van der Waals surface area contributed by atoms with E-state index < -0.39 is 0 Å². The number of H-pyrrole nitrogens is 1. The van der Waals surface area contributed by atoms with Crippen molar-refractivity contribution in [1.29, 1.82) is 0 Å². The molecule has 0 saturated carbocycles. The summed E-state index contributed by atoms with van der Waals surface area (Å²) in [4.78, 5) is 3.12. The number of hydrogen-bond acceptors (Lipinski definition) is 1. The number of aromatic amines is 1. The molecule has 3 rings (SSSR count). The molecule has 2 aromatic carbocycles. The molecule has 0 atom stereocenters. The topological polar surface area (TPSA) is 36.0 Å². The molecule has 0 bridgehead atoms. The maximum Gasteiger partial charge on any atom is 0.132 e. The monoisotopic (exact) mass is 241 g/mol. The first kappa shape index (κ1) is 10.8. The van der Waals surface area contributed by atoms with E-state index in [0.717, 1.165) is 16.8 Å². The molecule has 0 unspecified atom stereocenters. The Hall–Kier alpha value is -2.29. The van der Waals surface area contributed by atoms with Crippen LogP contribution in [0, 0.1) is 12.7 Å². The fourth-order valence-electron chi connectivity index (χ4n) is 2.13. The fourth-order valence-corrected chi connectivity index (χ4v) is 2.13. The lowest BCUT2D eigenvalue weighted by molar-refractivity contribution is 0.477. The van der Waals surface area contributed by atoms with Crippen molar-refractivity contribution in [3.63, 3.8) is 0 Å². The summed E-state index contributed by atoms with van der Waals surface area (Å²) in [5, 5.41) is 10.4. The number of halogens is 1. The Bertz CT molecular complexity index is 730. The molecule has 0 aliphatic carbocycles. The fraction of sp³-hybridized carbons (Fsp3) is 0.0667. The van der Waals surface area contributed by atoms with Gasteiger partial charge in [-0.25, -0.2) is 4.39 Å². The molecule has 90 valence electrons. The van der Waals surface area contributed by atoms with Crippen molar-refractivity contribution in [3.05, 3.63) is 53.8 Å². The molecule has 1 heterocycles. The minimum Gasteiger partial charge on any atom is -0.507 e. The number of hydrogen-bond donors (Lipinski definition) is 2. The predicted octanol–water partition coefficient (Wildman–Crippen LogP) is 3.99. The highest BCUT2D eigenvalue weighted by Gasteiger charge is 2.10. The molecule has 0 amide bonds. The molecule has 0 aliphatic rings. The van der Waals surface area contributed by atoms with Crippen LogP contribution in [0.1, 0.15) is 5.56 Å². The maximum absolute atomic E-state index is 13.6. The number of benzene rings is 2. The zero-order valence-electron chi connectivity index (χ0n) is 9.87. The van der Waals surface area contributed by atoms with E-state index in [-0.39, 0.29) is 11.6 Å². The van der Waals surface area contributed by atoms with Crippen molar-refractivity contribution < 1.29 is 9.50 Å². The van der Waals surface area contributed by atoms with Crippen LogP contribution in [0.2, 0.25) is 0 Å². The Morgan fingerprint density at radius 3 is 2.72 bits per heavy atom. The van der Waals surface area contributed by atoms with E-state index in [1.54, 1.807) is 18.2 Å². The summed E-state index contributed by atoms with van der Waals surface area (Å²) in [6.45, 7) is 1.95. The maximum atomic E-state index is 13.6. The summed E-state index contributed by atoms with van der Waals surface area (Å²) in [7, 11) is 0. The first-order valence-corrected chi connectivity index (χ1v) is 5.72. The average molecular weight is 241 g/mol. The Labute approximate surface area is 104 Å². The van der Waals surface area contributed by atoms with Crippen LogP contribution >= 0.6 is 0 Å². The second-order valence-electron chi connectivity index (χ2n) is 4.40. The van der Waals surface area contributed by atoms with Crippen LogP contribution in [0.3, 0.4) is 0 Å². The summed E-state index contributed by atoms with van der Waals surface area (Å²) in [6.07, 6.45) is 0. The molecule has 0 fully saturated rings. The summed E-state index contributed by atoms with van der Waals surface area (Å²) in [5.41, 5.74) is 3.18. The number of rotatable bonds is 1. The molecule has 3 aromatic rings. The van der Waals surface area contributed by atoms with Gasteiger partial charge in [0.1, 0.15) is 11.6 Å².